The third-order valence-electron chi connectivity index (χ3n) is 8.24. The number of nitrogens with zero attached hydrogens (tertiary/aromatic N) is 3. The Hall–Kier alpha value is -4.57. The fourth-order valence-electron chi connectivity index (χ4n) is 5.76. The van der Waals surface area contributed by atoms with Crippen LogP contribution in [0.4, 0.5) is 10.1 Å². The topological polar surface area (TPSA) is 160 Å². The minimum Gasteiger partial charge on any atom is -0.505 e. The summed E-state index contributed by atoms with van der Waals surface area (Å²) in [7, 11) is 0. The second-order valence-corrected chi connectivity index (χ2v) is 14.6. The molecular formula is C34H29Cl2FN5O7S2+. The molecule has 2 saturated heterocycles. The lowest BCUT2D eigenvalue weighted by Gasteiger charge is -2.49. The molecule has 4 N–H and O–H groups in total. The zero-order chi connectivity index (χ0) is 36.4. The summed E-state index contributed by atoms with van der Waals surface area (Å²) < 4.78 is 15.2. The molecule has 3 aliphatic rings. The molecule has 4 heterocycles. The summed E-state index contributed by atoms with van der Waals surface area (Å²) in [5, 5.41) is 24.8. The van der Waals surface area contributed by atoms with Crippen LogP contribution in [0.25, 0.3) is 0 Å². The van der Waals surface area contributed by atoms with Crippen molar-refractivity contribution >= 4 is 82.0 Å². The first-order valence-corrected chi connectivity index (χ1v) is 18.2. The number of benzene rings is 2. The SMILES string of the molecule is O=C(C[n+]1ccc(CN2CCC(=CC3=C(C(=O)O)N4C(=O)[C@@H](NC(=O)CSc5c(Cl)cccc5Cl)[C@H]4SC3)C2=O)cc1)Nc1ccc(O)c(F)c1. The molecule has 51 heavy (non-hydrogen) atoms. The fraction of sp³-hybridized carbons (Fsp3) is 0.235. The quantitative estimate of drug-likeness (QED) is 0.0745. The maximum absolute atomic E-state index is 13.6. The molecule has 4 amide bonds. The lowest BCUT2D eigenvalue weighted by molar-refractivity contribution is -0.684. The molecule has 6 rings (SSSR count). The number of aromatic hydroxyl groups is 1. The van der Waals surface area contributed by atoms with E-state index in [0.29, 0.717) is 39.1 Å². The number of fused-ring (bicyclic) bond motifs is 1. The number of pyridine rings is 1. The number of carboxylic acids is 1. The lowest BCUT2D eigenvalue weighted by Crippen LogP contribution is -2.70. The summed E-state index contributed by atoms with van der Waals surface area (Å²) in [6.07, 6.45) is 5.29. The van der Waals surface area contributed by atoms with Crippen molar-refractivity contribution in [1.82, 2.24) is 15.1 Å². The van der Waals surface area contributed by atoms with Gasteiger partial charge in [-0.3, -0.25) is 24.1 Å². The summed E-state index contributed by atoms with van der Waals surface area (Å²) >= 11 is 14.8. The molecule has 0 radical (unpaired) electrons. The van der Waals surface area contributed by atoms with Crippen LogP contribution in [0.1, 0.15) is 12.0 Å². The van der Waals surface area contributed by atoms with Gasteiger partial charge >= 0.3 is 5.97 Å². The fourth-order valence-corrected chi connectivity index (χ4v) is 8.56. The van der Waals surface area contributed by atoms with Crippen LogP contribution in [-0.2, 0) is 37.1 Å². The van der Waals surface area contributed by atoms with Crippen LogP contribution < -0.4 is 15.2 Å². The molecule has 17 heteroatoms. The van der Waals surface area contributed by atoms with Gasteiger partial charge in [0.1, 0.15) is 17.1 Å². The van der Waals surface area contributed by atoms with Gasteiger partial charge in [0, 0.05) is 53.2 Å². The van der Waals surface area contributed by atoms with E-state index in [-0.39, 0.29) is 41.9 Å². The number of carbonyl (C=O) groups excluding carboxylic acids is 4. The molecule has 2 aromatic carbocycles. The van der Waals surface area contributed by atoms with Crippen molar-refractivity contribution in [2.24, 2.45) is 0 Å². The van der Waals surface area contributed by atoms with E-state index in [9.17, 15) is 38.6 Å². The van der Waals surface area contributed by atoms with Gasteiger partial charge in [-0.25, -0.2) is 9.18 Å². The summed E-state index contributed by atoms with van der Waals surface area (Å²) in [4.78, 5) is 67.2. The molecule has 2 atom stereocenters. The Kier molecular flexibility index (Phi) is 10.9. The van der Waals surface area contributed by atoms with Gasteiger partial charge in [0.25, 0.3) is 11.8 Å². The molecule has 0 saturated carbocycles. The maximum atomic E-state index is 13.6. The zero-order valence-electron chi connectivity index (χ0n) is 26.5. The molecule has 0 spiro atoms. The number of hydrogen-bond donors (Lipinski definition) is 4. The van der Waals surface area contributed by atoms with Gasteiger partial charge in [0.05, 0.1) is 15.8 Å². The predicted molar refractivity (Wildman–Crippen MR) is 188 cm³/mol. The number of carbonyl (C=O) groups is 5. The minimum absolute atomic E-state index is 0.0479. The number of anilines is 1. The second-order valence-electron chi connectivity index (χ2n) is 11.7. The highest BCUT2D eigenvalue weighted by Gasteiger charge is 2.54. The van der Waals surface area contributed by atoms with Gasteiger partial charge in [-0.2, -0.15) is 4.57 Å². The first-order valence-electron chi connectivity index (χ1n) is 15.4. The van der Waals surface area contributed by atoms with Gasteiger partial charge in [0.15, 0.2) is 24.0 Å². The average molecular weight is 774 g/mol. The van der Waals surface area contributed by atoms with Crippen LogP contribution >= 0.6 is 46.7 Å². The maximum Gasteiger partial charge on any atom is 0.352 e. The smallest absolute Gasteiger partial charge is 0.352 e. The Morgan fingerprint density at radius 2 is 1.80 bits per heavy atom. The molecule has 12 nitrogen and oxygen atoms in total. The van der Waals surface area contributed by atoms with Crippen LogP contribution in [0.3, 0.4) is 0 Å². The van der Waals surface area contributed by atoms with Gasteiger partial charge < -0.3 is 25.7 Å². The van der Waals surface area contributed by atoms with E-state index < -0.39 is 46.7 Å². The lowest BCUT2D eigenvalue weighted by atomic mass is 10.0. The summed E-state index contributed by atoms with van der Waals surface area (Å²) in [5.41, 5.74) is 1.56. The number of aromatic nitrogens is 1. The summed E-state index contributed by atoms with van der Waals surface area (Å²) in [6, 6.07) is 11.2. The number of β-lactam (4-membered cyclic amide) rings is 1. The number of likely N-dealkylation sites (tertiary alicyclic amines) is 1. The predicted octanol–water partition coefficient (Wildman–Crippen LogP) is 3.95. The number of thioether (sulfide) groups is 2. The number of phenolic OH excluding ortho intramolecular Hbond substituents is 1. The monoisotopic (exact) mass is 772 g/mol. The van der Waals surface area contributed by atoms with Crippen molar-refractivity contribution in [3.8, 4) is 5.75 Å². The van der Waals surface area contributed by atoms with E-state index in [1.165, 1.54) is 17.8 Å². The van der Waals surface area contributed by atoms with Crippen molar-refractivity contribution in [3.05, 3.63) is 105 Å². The first kappa shape index (κ1) is 36.2. The number of nitrogens with one attached hydrogen (secondary N) is 2. The Morgan fingerprint density at radius 3 is 2.49 bits per heavy atom. The van der Waals surface area contributed by atoms with E-state index in [0.717, 1.165) is 34.4 Å². The Bertz CT molecular complexity index is 1990. The highest BCUT2D eigenvalue weighted by Crippen LogP contribution is 2.41. The van der Waals surface area contributed by atoms with Crippen LogP contribution in [0.5, 0.6) is 5.75 Å². The number of amides is 4. The molecule has 0 unspecified atom stereocenters. The number of carboxylic acid groups (broad SMARTS) is 1. The van der Waals surface area contributed by atoms with E-state index in [2.05, 4.69) is 10.6 Å². The number of rotatable bonds is 11. The third-order valence-corrected chi connectivity index (χ3v) is 11.5. The Labute approximate surface area is 309 Å². The highest BCUT2D eigenvalue weighted by atomic mass is 35.5. The van der Waals surface area contributed by atoms with Gasteiger partial charge in [-0.05, 0) is 47.9 Å². The largest absolute Gasteiger partial charge is 0.505 e. The van der Waals surface area contributed by atoms with Gasteiger partial charge in [0.2, 0.25) is 18.4 Å². The van der Waals surface area contributed by atoms with Crippen molar-refractivity contribution in [2.75, 3.05) is 23.4 Å². The molecule has 0 bridgehead atoms. The van der Waals surface area contributed by atoms with E-state index in [1.807, 2.05) is 0 Å². The summed E-state index contributed by atoms with van der Waals surface area (Å²) in [5.74, 6) is -4.14. The Balaban J connectivity index is 1.05. The Morgan fingerprint density at radius 1 is 1.08 bits per heavy atom. The number of hydrogen-bond acceptors (Lipinski definition) is 8. The molecule has 3 aromatic rings. The standard InChI is InChI=1S/C34H28Cl2FN5O7S2/c35-22-2-1-3-23(36)30(22)50-17-27(45)39-28-32(47)42-29(34(48)49)20(16-51-33(28)42)12-19-8-11-41(31(19)46)14-18-6-9-40(10-7-18)15-26(44)38-21-4-5-25(43)24(37)13-21/h1-7,9-10,12-13,28,33H,8,11,14-17H2,(H3-,38,39,43,44,45,48,49)/p+1/t28-,33-/m1/s1. The zero-order valence-corrected chi connectivity index (χ0v) is 29.6. The second kappa shape index (κ2) is 15.4. The molecule has 264 valence electrons. The molecule has 0 aliphatic carbocycles. The van der Waals surface area contributed by atoms with Crippen molar-refractivity contribution in [1.29, 1.82) is 0 Å². The van der Waals surface area contributed by atoms with Gasteiger partial charge in [-0.15, -0.1) is 23.5 Å². The number of aliphatic carboxylic acids is 1. The van der Waals surface area contributed by atoms with Crippen LogP contribution in [0, 0.1) is 5.82 Å². The van der Waals surface area contributed by atoms with E-state index >= 15 is 0 Å². The highest BCUT2D eigenvalue weighted by molar-refractivity contribution is 8.00. The normalized spacial score (nSPS) is 19.2. The summed E-state index contributed by atoms with van der Waals surface area (Å²) in [6.45, 7) is 0.637. The first-order chi connectivity index (χ1) is 24.4. The van der Waals surface area contributed by atoms with Gasteiger partial charge in [-0.1, -0.05) is 29.3 Å². The number of phenols is 1. The molecule has 2 fully saturated rings. The minimum atomic E-state index is -1.31. The van der Waals surface area contributed by atoms with E-state index in [1.54, 1.807) is 58.3 Å². The van der Waals surface area contributed by atoms with Crippen molar-refractivity contribution in [3.63, 3.8) is 0 Å². The molecule has 3 aliphatic heterocycles. The van der Waals surface area contributed by atoms with E-state index in [4.69, 9.17) is 23.2 Å². The van der Waals surface area contributed by atoms with Crippen LogP contribution in [0.15, 0.2) is 88.7 Å². The molecule has 1 aromatic heterocycles. The van der Waals surface area contributed by atoms with Crippen molar-refractivity contribution < 1.29 is 43.1 Å². The average Bonchev–Trinajstić information content (AvgIpc) is 3.43. The third kappa shape index (κ3) is 8.01. The number of allylic oxidation sites excluding steroid dienone is 1. The number of halogens is 3. The van der Waals surface area contributed by atoms with Crippen molar-refractivity contribution in [2.45, 2.75) is 35.8 Å². The van der Waals surface area contributed by atoms with Crippen LogP contribution in [0.2, 0.25) is 10.0 Å². The molecular weight excluding hydrogens is 744 g/mol. The van der Waals surface area contributed by atoms with Crippen LogP contribution in [-0.4, -0.2) is 79.1 Å².